The van der Waals surface area contributed by atoms with Crippen LogP contribution in [-0.2, 0) is 4.79 Å². The van der Waals surface area contributed by atoms with Gasteiger partial charge in [-0.05, 0) is 25.7 Å². The highest BCUT2D eigenvalue weighted by Crippen LogP contribution is 2.22. The lowest BCUT2D eigenvalue weighted by atomic mass is 9.93. The fourth-order valence-corrected chi connectivity index (χ4v) is 2.19. The number of rotatable bonds is 4. The van der Waals surface area contributed by atoms with Gasteiger partial charge in [-0.1, -0.05) is 0 Å². The predicted molar refractivity (Wildman–Crippen MR) is 67.6 cm³/mol. The van der Waals surface area contributed by atoms with E-state index in [4.69, 9.17) is 16.3 Å². The molecule has 18 heavy (non-hydrogen) atoms. The quantitative estimate of drug-likeness (QED) is 0.842. The average Bonchev–Trinajstić information content (AvgIpc) is 2.42. The Morgan fingerprint density at radius 3 is 2.78 bits per heavy atom. The van der Waals surface area contributed by atoms with Crippen LogP contribution >= 0.6 is 11.6 Å². The van der Waals surface area contributed by atoms with Gasteiger partial charge in [0.1, 0.15) is 12.0 Å². The molecule has 1 aliphatic carbocycles. The van der Waals surface area contributed by atoms with Crippen LogP contribution in [-0.4, -0.2) is 33.9 Å². The maximum atomic E-state index is 11.2. The second-order valence-electron chi connectivity index (χ2n) is 4.34. The summed E-state index contributed by atoms with van der Waals surface area (Å²) >= 11 is 5.46. The maximum Gasteiger partial charge on any atom is 0.235 e. The van der Waals surface area contributed by atoms with Crippen molar-refractivity contribution in [2.45, 2.75) is 37.8 Å². The molecule has 1 saturated carbocycles. The summed E-state index contributed by atoms with van der Waals surface area (Å²) in [5.74, 6) is 0.483. The SMILES string of the molecule is O=C(CCl)NC1CCC(Oc2cnccn2)CC1. The number of carbonyl (C=O) groups excluding carboxylic acids is 1. The minimum atomic E-state index is -0.102. The molecular weight excluding hydrogens is 254 g/mol. The van der Waals surface area contributed by atoms with E-state index in [0.717, 1.165) is 25.7 Å². The summed E-state index contributed by atoms with van der Waals surface area (Å²) in [5.41, 5.74) is 0. The fraction of sp³-hybridized carbons (Fsp3) is 0.583. The molecule has 0 aromatic carbocycles. The molecule has 1 aromatic heterocycles. The van der Waals surface area contributed by atoms with Gasteiger partial charge in [-0.3, -0.25) is 9.78 Å². The highest BCUT2D eigenvalue weighted by Gasteiger charge is 2.23. The molecule has 6 heteroatoms. The number of nitrogens with one attached hydrogen (secondary N) is 1. The molecular formula is C12H16ClN3O2. The van der Waals surface area contributed by atoms with Gasteiger partial charge >= 0.3 is 0 Å². The number of hydrogen-bond acceptors (Lipinski definition) is 4. The molecule has 1 aliphatic rings. The summed E-state index contributed by atoms with van der Waals surface area (Å²) in [5, 5.41) is 2.90. The van der Waals surface area contributed by atoms with E-state index >= 15 is 0 Å². The van der Waals surface area contributed by atoms with Gasteiger partial charge in [0.25, 0.3) is 0 Å². The Balaban J connectivity index is 1.75. The molecule has 1 N–H and O–H groups in total. The highest BCUT2D eigenvalue weighted by molar-refractivity contribution is 6.27. The van der Waals surface area contributed by atoms with Crippen molar-refractivity contribution in [2.24, 2.45) is 0 Å². The van der Waals surface area contributed by atoms with Gasteiger partial charge in [0, 0.05) is 18.4 Å². The third-order valence-electron chi connectivity index (χ3n) is 2.99. The van der Waals surface area contributed by atoms with Crippen LogP contribution in [0.4, 0.5) is 0 Å². The zero-order chi connectivity index (χ0) is 12.8. The monoisotopic (exact) mass is 269 g/mol. The molecule has 0 saturated heterocycles. The molecule has 0 bridgehead atoms. The molecule has 0 atom stereocenters. The van der Waals surface area contributed by atoms with Crippen molar-refractivity contribution in [3.05, 3.63) is 18.6 Å². The molecule has 1 aromatic rings. The molecule has 98 valence electrons. The molecule has 2 rings (SSSR count). The summed E-state index contributed by atoms with van der Waals surface area (Å²) in [7, 11) is 0. The van der Waals surface area contributed by atoms with Crippen molar-refractivity contribution < 1.29 is 9.53 Å². The largest absolute Gasteiger partial charge is 0.473 e. The number of nitrogens with zero attached hydrogens (tertiary/aromatic N) is 2. The number of amides is 1. The van der Waals surface area contributed by atoms with E-state index in [0.29, 0.717) is 5.88 Å². The van der Waals surface area contributed by atoms with Crippen LogP contribution < -0.4 is 10.1 Å². The van der Waals surface area contributed by atoms with Crippen molar-refractivity contribution in [2.75, 3.05) is 5.88 Å². The van der Waals surface area contributed by atoms with Gasteiger partial charge in [-0.2, -0.15) is 0 Å². The van der Waals surface area contributed by atoms with Crippen LogP contribution in [0.1, 0.15) is 25.7 Å². The lowest BCUT2D eigenvalue weighted by Gasteiger charge is -2.28. The van der Waals surface area contributed by atoms with E-state index in [1.54, 1.807) is 18.6 Å². The molecule has 1 fully saturated rings. The van der Waals surface area contributed by atoms with E-state index in [2.05, 4.69) is 15.3 Å². The Hall–Kier alpha value is -1.36. The Kier molecular flexibility index (Phi) is 4.75. The van der Waals surface area contributed by atoms with Crippen LogP contribution in [0.5, 0.6) is 5.88 Å². The van der Waals surface area contributed by atoms with E-state index in [-0.39, 0.29) is 23.9 Å². The number of carbonyl (C=O) groups is 1. The number of hydrogen-bond donors (Lipinski definition) is 1. The second-order valence-corrected chi connectivity index (χ2v) is 4.60. The second kappa shape index (κ2) is 6.54. The minimum absolute atomic E-state index is 0.0238. The first-order valence-corrected chi connectivity index (χ1v) is 6.59. The summed E-state index contributed by atoms with van der Waals surface area (Å²) in [4.78, 5) is 19.2. The molecule has 0 radical (unpaired) electrons. The Morgan fingerprint density at radius 2 is 2.17 bits per heavy atom. The predicted octanol–water partition coefficient (Wildman–Crippen LogP) is 1.52. The van der Waals surface area contributed by atoms with E-state index in [9.17, 15) is 4.79 Å². The van der Waals surface area contributed by atoms with Crippen molar-refractivity contribution in [3.63, 3.8) is 0 Å². The van der Waals surface area contributed by atoms with Crippen LogP contribution in [0.25, 0.3) is 0 Å². The van der Waals surface area contributed by atoms with Crippen molar-refractivity contribution in [1.82, 2.24) is 15.3 Å². The van der Waals surface area contributed by atoms with Crippen molar-refractivity contribution in [1.29, 1.82) is 0 Å². The molecule has 0 unspecified atom stereocenters. The summed E-state index contributed by atoms with van der Waals surface area (Å²) < 4.78 is 5.72. The minimum Gasteiger partial charge on any atom is -0.473 e. The number of aromatic nitrogens is 2. The molecule has 0 spiro atoms. The van der Waals surface area contributed by atoms with Crippen LogP contribution in [0.2, 0.25) is 0 Å². The third-order valence-corrected chi connectivity index (χ3v) is 3.23. The standard InChI is InChI=1S/C12H16ClN3O2/c13-7-11(17)16-9-1-3-10(4-2-9)18-12-8-14-5-6-15-12/h5-6,8-10H,1-4,7H2,(H,16,17). The van der Waals surface area contributed by atoms with Gasteiger partial charge in [0.2, 0.25) is 11.8 Å². The van der Waals surface area contributed by atoms with Gasteiger partial charge in [0.15, 0.2) is 0 Å². The van der Waals surface area contributed by atoms with Gasteiger partial charge < -0.3 is 10.1 Å². The Morgan fingerprint density at radius 1 is 1.39 bits per heavy atom. The third kappa shape index (κ3) is 3.84. The summed E-state index contributed by atoms with van der Waals surface area (Å²) in [6.45, 7) is 0. The molecule has 1 amide bonds. The normalized spacial score (nSPS) is 23.4. The van der Waals surface area contributed by atoms with E-state index in [1.165, 1.54) is 0 Å². The smallest absolute Gasteiger partial charge is 0.235 e. The van der Waals surface area contributed by atoms with Gasteiger partial charge in [0.05, 0.1) is 6.20 Å². The van der Waals surface area contributed by atoms with Crippen molar-refractivity contribution in [3.8, 4) is 5.88 Å². The first-order chi connectivity index (χ1) is 8.78. The van der Waals surface area contributed by atoms with Crippen LogP contribution in [0.15, 0.2) is 18.6 Å². The lowest BCUT2D eigenvalue weighted by molar-refractivity contribution is -0.119. The van der Waals surface area contributed by atoms with E-state index < -0.39 is 0 Å². The van der Waals surface area contributed by atoms with Crippen LogP contribution in [0.3, 0.4) is 0 Å². The number of alkyl halides is 1. The van der Waals surface area contributed by atoms with Gasteiger partial charge in [-0.25, -0.2) is 4.98 Å². The van der Waals surface area contributed by atoms with Gasteiger partial charge in [-0.15, -0.1) is 11.6 Å². The Bertz CT molecular complexity index is 380. The topological polar surface area (TPSA) is 64.1 Å². The average molecular weight is 270 g/mol. The zero-order valence-corrected chi connectivity index (χ0v) is 10.8. The first-order valence-electron chi connectivity index (χ1n) is 6.06. The molecule has 5 nitrogen and oxygen atoms in total. The highest BCUT2D eigenvalue weighted by atomic mass is 35.5. The summed E-state index contributed by atoms with van der Waals surface area (Å²) in [6, 6.07) is 0.220. The Labute approximate surface area is 111 Å². The molecule has 0 aliphatic heterocycles. The first kappa shape index (κ1) is 13.1. The van der Waals surface area contributed by atoms with E-state index in [1.807, 2.05) is 0 Å². The summed E-state index contributed by atoms with van der Waals surface area (Å²) in [6.07, 6.45) is 8.63. The lowest BCUT2D eigenvalue weighted by Crippen LogP contribution is -2.40. The molecule has 1 heterocycles. The van der Waals surface area contributed by atoms with Crippen molar-refractivity contribution >= 4 is 17.5 Å². The fourth-order valence-electron chi connectivity index (χ4n) is 2.11. The maximum absolute atomic E-state index is 11.2. The number of halogens is 1. The zero-order valence-electron chi connectivity index (χ0n) is 10.0. The number of ether oxygens (including phenoxy) is 1. The van der Waals surface area contributed by atoms with Crippen LogP contribution in [0, 0.1) is 0 Å².